The molecule has 0 atom stereocenters. The van der Waals surface area contributed by atoms with Gasteiger partial charge in [0.25, 0.3) is 0 Å². The number of carboxylic acid groups (broad SMARTS) is 1. The lowest BCUT2D eigenvalue weighted by Crippen LogP contribution is -2.25. The molecule has 0 aliphatic heterocycles. The summed E-state index contributed by atoms with van der Waals surface area (Å²) >= 11 is 5.97. The van der Waals surface area contributed by atoms with Crippen molar-refractivity contribution in [1.82, 2.24) is 14.5 Å². The van der Waals surface area contributed by atoms with Crippen LogP contribution in [-0.2, 0) is 6.54 Å². The normalized spacial score (nSPS) is 11.3. The number of hydrogen-bond donors (Lipinski definition) is 2. The van der Waals surface area contributed by atoms with Crippen molar-refractivity contribution in [3.05, 3.63) is 53.1 Å². The maximum Gasteiger partial charge on any atom is 0.335 e. The summed E-state index contributed by atoms with van der Waals surface area (Å²) in [7, 11) is 0. The molecule has 6 nitrogen and oxygen atoms in total. The minimum atomic E-state index is -0.954. The molecule has 0 saturated heterocycles. The van der Waals surface area contributed by atoms with E-state index in [0.717, 1.165) is 43.8 Å². The Bertz CT molecular complexity index is 949. The molecule has 0 aliphatic rings. The number of imidazole rings is 1. The van der Waals surface area contributed by atoms with Crippen LogP contribution in [0.5, 0.6) is 0 Å². The largest absolute Gasteiger partial charge is 0.478 e. The van der Waals surface area contributed by atoms with Gasteiger partial charge in [-0.1, -0.05) is 25.4 Å². The van der Waals surface area contributed by atoms with Crippen molar-refractivity contribution in [2.24, 2.45) is 0 Å². The van der Waals surface area contributed by atoms with Crippen molar-refractivity contribution < 1.29 is 9.90 Å². The molecule has 0 spiro atoms. The Morgan fingerprint density at radius 2 is 1.89 bits per heavy atom. The molecule has 0 radical (unpaired) electrons. The first-order chi connectivity index (χ1) is 13.5. The summed E-state index contributed by atoms with van der Waals surface area (Å²) in [5.41, 5.74) is 2.70. The van der Waals surface area contributed by atoms with E-state index in [1.807, 2.05) is 30.3 Å². The number of anilines is 2. The summed E-state index contributed by atoms with van der Waals surface area (Å²) in [6, 6.07) is 12.5. The summed E-state index contributed by atoms with van der Waals surface area (Å²) in [6.07, 6.45) is 0.975. The lowest BCUT2D eigenvalue weighted by atomic mass is 10.2. The second kappa shape index (κ2) is 9.08. The summed E-state index contributed by atoms with van der Waals surface area (Å²) in [5, 5.41) is 13.3. The Hall–Kier alpha value is -2.57. The lowest BCUT2D eigenvalue weighted by Gasteiger charge is -2.18. The molecule has 2 N–H and O–H groups in total. The van der Waals surface area contributed by atoms with E-state index in [0.29, 0.717) is 16.5 Å². The van der Waals surface area contributed by atoms with Gasteiger partial charge in [-0.15, -0.1) is 0 Å². The highest BCUT2D eigenvalue weighted by Gasteiger charge is 2.14. The Balaban J connectivity index is 1.91. The third-order valence-corrected chi connectivity index (χ3v) is 5.10. The highest BCUT2D eigenvalue weighted by molar-refractivity contribution is 6.30. The molecule has 3 aromatic rings. The first kappa shape index (κ1) is 20.2. The fraction of sp³-hybridized carbons (Fsp3) is 0.333. The molecule has 0 bridgehead atoms. The molecule has 3 rings (SSSR count). The molecular weight excluding hydrogens is 376 g/mol. The topological polar surface area (TPSA) is 70.4 Å². The van der Waals surface area contributed by atoms with Crippen molar-refractivity contribution >= 4 is 40.2 Å². The fourth-order valence-corrected chi connectivity index (χ4v) is 3.37. The monoisotopic (exact) mass is 400 g/mol. The predicted molar refractivity (Wildman–Crippen MR) is 114 cm³/mol. The minimum absolute atomic E-state index is 0.235. The van der Waals surface area contributed by atoms with E-state index >= 15 is 0 Å². The fourth-order valence-electron chi connectivity index (χ4n) is 3.24. The van der Waals surface area contributed by atoms with Gasteiger partial charge < -0.3 is 19.9 Å². The number of aromatic carboxylic acids is 1. The Morgan fingerprint density at radius 1 is 1.18 bits per heavy atom. The number of benzene rings is 2. The summed E-state index contributed by atoms with van der Waals surface area (Å²) in [4.78, 5) is 18.3. The number of fused-ring (bicyclic) bond motifs is 1. The third kappa shape index (κ3) is 4.64. The molecule has 0 amide bonds. The van der Waals surface area contributed by atoms with Crippen molar-refractivity contribution in [3.63, 3.8) is 0 Å². The average Bonchev–Trinajstić information content (AvgIpc) is 3.03. The van der Waals surface area contributed by atoms with Gasteiger partial charge in [-0.3, -0.25) is 0 Å². The molecule has 1 aromatic heterocycles. The zero-order valence-corrected chi connectivity index (χ0v) is 16.9. The van der Waals surface area contributed by atoms with Gasteiger partial charge in [0.05, 0.1) is 16.6 Å². The van der Waals surface area contributed by atoms with Crippen LogP contribution >= 0.6 is 11.6 Å². The summed E-state index contributed by atoms with van der Waals surface area (Å²) < 4.78 is 2.11. The number of carboxylic acids is 1. The standard InChI is InChI=1S/C21H25ClN4O2/c1-3-25(4-2)12-5-13-26-19-11-6-15(20(27)28)14-18(19)24-21(26)23-17-9-7-16(22)8-10-17/h6-11,14H,3-5,12-13H2,1-2H3,(H,23,24)(H,27,28). The van der Waals surface area contributed by atoms with Crippen LogP contribution in [0.15, 0.2) is 42.5 Å². The van der Waals surface area contributed by atoms with Gasteiger partial charge in [0.1, 0.15) is 0 Å². The highest BCUT2D eigenvalue weighted by atomic mass is 35.5. The lowest BCUT2D eigenvalue weighted by molar-refractivity contribution is 0.0697. The third-order valence-electron chi connectivity index (χ3n) is 4.85. The van der Waals surface area contributed by atoms with Crippen LogP contribution in [0.2, 0.25) is 5.02 Å². The summed E-state index contributed by atoms with van der Waals surface area (Å²) in [5.74, 6) is -0.260. The number of nitrogens with one attached hydrogen (secondary N) is 1. The molecule has 0 aliphatic carbocycles. The molecule has 7 heteroatoms. The van der Waals surface area contributed by atoms with Crippen molar-refractivity contribution in [1.29, 1.82) is 0 Å². The zero-order valence-electron chi connectivity index (χ0n) is 16.2. The highest BCUT2D eigenvalue weighted by Crippen LogP contribution is 2.25. The van der Waals surface area contributed by atoms with Gasteiger partial charge in [-0.05, 0) is 68.5 Å². The van der Waals surface area contributed by atoms with E-state index in [9.17, 15) is 9.90 Å². The van der Waals surface area contributed by atoms with Crippen molar-refractivity contribution in [2.75, 3.05) is 25.0 Å². The smallest absolute Gasteiger partial charge is 0.335 e. The zero-order chi connectivity index (χ0) is 20.1. The van der Waals surface area contributed by atoms with E-state index < -0.39 is 5.97 Å². The molecule has 0 fully saturated rings. The molecule has 0 saturated carbocycles. The Labute approximate surface area is 169 Å². The average molecular weight is 401 g/mol. The SMILES string of the molecule is CCN(CC)CCCn1c(Nc2ccc(Cl)cc2)nc2cc(C(=O)O)ccc21. The van der Waals surface area contributed by atoms with Crippen LogP contribution in [0.4, 0.5) is 11.6 Å². The van der Waals surface area contributed by atoms with Gasteiger partial charge in [0.15, 0.2) is 0 Å². The van der Waals surface area contributed by atoms with Gasteiger partial charge in [-0.2, -0.15) is 0 Å². The molecule has 148 valence electrons. The Kier molecular flexibility index (Phi) is 6.54. The Morgan fingerprint density at radius 3 is 2.54 bits per heavy atom. The predicted octanol–water partition coefficient (Wildman–Crippen LogP) is 4.86. The minimum Gasteiger partial charge on any atom is -0.478 e. The number of carbonyl (C=O) groups is 1. The van der Waals surface area contributed by atoms with E-state index in [-0.39, 0.29) is 5.56 Å². The van der Waals surface area contributed by atoms with E-state index in [1.165, 1.54) is 0 Å². The molecule has 0 unspecified atom stereocenters. The second-order valence-corrected chi connectivity index (χ2v) is 7.04. The maximum atomic E-state index is 11.3. The van der Waals surface area contributed by atoms with Crippen LogP contribution in [0.1, 0.15) is 30.6 Å². The number of nitrogens with zero attached hydrogens (tertiary/aromatic N) is 3. The van der Waals surface area contributed by atoms with E-state index in [4.69, 9.17) is 11.6 Å². The van der Waals surface area contributed by atoms with Crippen molar-refractivity contribution in [2.45, 2.75) is 26.8 Å². The van der Waals surface area contributed by atoms with Gasteiger partial charge in [-0.25, -0.2) is 9.78 Å². The molecule has 1 heterocycles. The van der Waals surface area contributed by atoms with Crippen LogP contribution < -0.4 is 5.32 Å². The van der Waals surface area contributed by atoms with E-state index in [2.05, 4.69) is 33.6 Å². The van der Waals surface area contributed by atoms with Gasteiger partial charge in [0.2, 0.25) is 5.95 Å². The van der Waals surface area contributed by atoms with Crippen LogP contribution in [-0.4, -0.2) is 45.2 Å². The van der Waals surface area contributed by atoms with Gasteiger partial charge in [0, 0.05) is 17.3 Å². The second-order valence-electron chi connectivity index (χ2n) is 6.61. The van der Waals surface area contributed by atoms with Crippen LogP contribution in [0.3, 0.4) is 0 Å². The van der Waals surface area contributed by atoms with Crippen LogP contribution in [0, 0.1) is 0 Å². The van der Waals surface area contributed by atoms with Crippen LogP contribution in [0.25, 0.3) is 11.0 Å². The number of rotatable bonds is 9. The van der Waals surface area contributed by atoms with E-state index in [1.54, 1.807) is 12.1 Å². The first-order valence-electron chi connectivity index (χ1n) is 9.50. The molecular formula is C21H25ClN4O2. The quantitative estimate of drug-likeness (QED) is 0.536. The summed E-state index contributed by atoms with van der Waals surface area (Å²) in [6.45, 7) is 8.17. The number of aryl methyl sites for hydroxylation is 1. The first-order valence-corrected chi connectivity index (χ1v) is 9.88. The molecule has 28 heavy (non-hydrogen) atoms. The number of halogens is 1. The van der Waals surface area contributed by atoms with Crippen molar-refractivity contribution in [3.8, 4) is 0 Å². The number of hydrogen-bond acceptors (Lipinski definition) is 4. The number of aromatic nitrogens is 2. The van der Waals surface area contributed by atoms with Gasteiger partial charge >= 0.3 is 5.97 Å². The molecule has 2 aromatic carbocycles. The maximum absolute atomic E-state index is 11.3.